The molecule has 1 aliphatic carbocycles. The van der Waals surface area contributed by atoms with Gasteiger partial charge in [-0.15, -0.1) is 0 Å². The summed E-state index contributed by atoms with van der Waals surface area (Å²) in [5.74, 6) is -2.14. The van der Waals surface area contributed by atoms with Gasteiger partial charge in [0.25, 0.3) is 5.91 Å². The highest BCUT2D eigenvalue weighted by atomic mass is 19.1. The van der Waals surface area contributed by atoms with E-state index >= 15 is 0 Å². The molecule has 1 aromatic carbocycles. The molecule has 2 heterocycles. The number of pyridine rings is 1. The Balaban J connectivity index is 1.49. The van der Waals surface area contributed by atoms with Crippen molar-refractivity contribution in [1.29, 1.82) is 0 Å². The lowest BCUT2D eigenvalue weighted by molar-refractivity contribution is 0.0947. The summed E-state index contributed by atoms with van der Waals surface area (Å²) in [6, 6.07) is 8.68. The number of hydrogen-bond acceptors (Lipinski definition) is 3. The maximum absolute atomic E-state index is 13.7. The van der Waals surface area contributed by atoms with Crippen molar-refractivity contribution < 1.29 is 13.6 Å². The molecular weight excluding hydrogens is 362 g/mol. The molecule has 5 nitrogen and oxygen atoms in total. The summed E-state index contributed by atoms with van der Waals surface area (Å²) in [6.07, 6.45) is 5.89. The molecule has 28 heavy (non-hydrogen) atoms. The molecule has 0 radical (unpaired) electrons. The van der Waals surface area contributed by atoms with E-state index in [9.17, 15) is 13.6 Å². The molecule has 0 unspecified atom stereocenters. The summed E-state index contributed by atoms with van der Waals surface area (Å²) >= 11 is 0. The number of benzene rings is 1. The van der Waals surface area contributed by atoms with Crippen molar-refractivity contribution in [3.05, 3.63) is 71.1 Å². The maximum atomic E-state index is 13.7. The highest BCUT2D eigenvalue weighted by molar-refractivity contribution is 5.94. The minimum atomic E-state index is -0.869. The van der Waals surface area contributed by atoms with Gasteiger partial charge in [0.2, 0.25) is 0 Å². The smallest absolute Gasteiger partial charge is 0.254 e. The molecule has 0 saturated heterocycles. The molecule has 7 heteroatoms. The largest absolute Gasteiger partial charge is 0.350 e. The lowest BCUT2D eigenvalue weighted by Gasteiger charge is -2.14. The fourth-order valence-electron chi connectivity index (χ4n) is 3.61. The highest BCUT2D eigenvalue weighted by Crippen LogP contribution is 2.30. The molecule has 4 rings (SSSR count). The van der Waals surface area contributed by atoms with E-state index in [-0.39, 0.29) is 5.56 Å². The summed E-state index contributed by atoms with van der Waals surface area (Å²) in [4.78, 5) is 16.6. The van der Waals surface area contributed by atoms with E-state index in [1.807, 2.05) is 22.9 Å². The zero-order valence-electron chi connectivity index (χ0n) is 15.3. The molecule has 1 aliphatic rings. The Labute approximate surface area is 161 Å². The minimum Gasteiger partial charge on any atom is -0.350 e. The first-order valence-corrected chi connectivity index (χ1v) is 9.36. The zero-order chi connectivity index (χ0) is 19.5. The van der Waals surface area contributed by atoms with Gasteiger partial charge in [0.15, 0.2) is 0 Å². The first-order valence-electron chi connectivity index (χ1n) is 9.36. The second-order valence-electron chi connectivity index (χ2n) is 6.80. The van der Waals surface area contributed by atoms with Gasteiger partial charge in [-0.05, 0) is 49.9 Å². The van der Waals surface area contributed by atoms with Crippen LogP contribution in [0.5, 0.6) is 0 Å². The van der Waals surface area contributed by atoms with Crippen molar-refractivity contribution in [2.24, 2.45) is 0 Å². The number of fused-ring (bicyclic) bond motifs is 1. The van der Waals surface area contributed by atoms with Crippen LogP contribution >= 0.6 is 0 Å². The highest BCUT2D eigenvalue weighted by Gasteiger charge is 2.22. The fourth-order valence-corrected chi connectivity index (χ4v) is 3.61. The minimum absolute atomic E-state index is 0.168. The van der Waals surface area contributed by atoms with E-state index in [2.05, 4.69) is 10.3 Å². The van der Waals surface area contributed by atoms with E-state index in [0.717, 1.165) is 49.2 Å². The molecule has 0 spiro atoms. The van der Waals surface area contributed by atoms with Crippen LogP contribution in [-0.4, -0.2) is 27.2 Å². The molecule has 0 saturated carbocycles. The predicted octanol–water partition coefficient (Wildman–Crippen LogP) is 3.53. The van der Waals surface area contributed by atoms with Crippen LogP contribution < -0.4 is 5.32 Å². The van der Waals surface area contributed by atoms with Gasteiger partial charge >= 0.3 is 0 Å². The fraction of sp³-hybridized carbons (Fsp3) is 0.286. The second kappa shape index (κ2) is 7.88. The number of amides is 1. The van der Waals surface area contributed by atoms with Crippen molar-refractivity contribution in [1.82, 2.24) is 20.1 Å². The Kier molecular flexibility index (Phi) is 5.14. The lowest BCUT2D eigenvalue weighted by Crippen LogP contribution is -2.29. The van der Waals surface area contributed by atoms with E-state index in [1.54, 1.807) is 6.20 Å². The summed E-state index contributed by atoms with van der Waals surface area (Å²) in [5.41, 5.74) is 3.97. The molecule has 0 bridgehead atoms. The van der Waals surface area contributed by atoms with Crippen molar-refractivity contribution in [3.8, 4) is 11.4 Å². The molecule has 1 amide bonds. The first-order chi connectivity index (χ1) is 13.6. The number of halogens is 2. The normalized spacial score (nSPS) is 13.2. The van der Waals surface area contributed by atoms with Crippen LogP contribution in [0.1, 0.15) is 34.5 Å². The molecule has 0 atom stereocenters. The summed E-state index contributed by atoms with van der Waals surface area (Å²) < 4.78 is 28.7. The molecule has 0 fully saturated rings. The monoisotopic (exact) mass is 382 g/mol. The second-order valence-corrected chi connectivity index (χ2v) is 6.80. The van der Waals surface area contributed by atoms with E-state index in [4.69, 9.17) is 5.10 Å². The van der Waals surface area contributed by atoms with Crippen LogP contribution in [0.15, 0.2) is 42.6 Å². The number of carbonyl (C=O) groups excluding carboxylic acids is 1. The van der Waals surface area contributed by atoms with Crippen molar-refractivity contribution >= 4 is 5.91 Å². The third-order valence-electron chi connectivity index (χ3n) is 4.95. The van der Waals surface area contributed by atoms with Crippen LogP contribution in [0, 0.1) is 11.6 Å². The van der Waals surface area contributed by atoms with Crippen molar-refractivity contribution in [3.63, 3.8) is 0 Å². The Hall–Kier alpha value is -3.09. The molecule has 144 valence electrons. The van der Waals surface area contributed by atoms with Gasteiger partial charge in [-0.1, -0.05) is 6.07 Å². The maximum Gasteiger partial charge on any atom is 0.254 e. The number of carbonyl (C=O) groups is 1. The lowest BCUT2D eigenvalue weighted by atomic mass is 9.95. The average molecular weight is 382 g/mol. The first kappa shape index (κ1) is 18.3. The summed E-state index contributed by atoms with van der Waals surface area (Å²) in [7, 11) is 0. The Morgan fingerprint density at radius 2 is 2.00 bits per heavy atom. The Bertz CT molecular complexity index is 1000. The SMILES string of the molecule is O=C(NCCn1nc(-c2ccccn2)c2c1CCCC2)c1ccc(F)cc1F. The number of nitrogens with one attached hydrogen (secondary N) is 1. The zero-order valence-corrected chi connectivity index (χ0v) is 15.3. The van der Waals surface area contributed by atoms with Crippen LogP contribution in [0.25, 0.3) is 11.4 Å². The molecule has 1 N–H and O–H groups in total. The standard InChI is InChI=1S/C21H20F2N4O/c22-14-8-9-15(17(23)13-14)21(28)25-11-12-27-19-7-2-1-5-16(19)20(26-27)18-6-3-4-10-24-18/h3-4,6,8-10,13H,1-2,5,7,11-12H2,(H,25,28). The third-order valence-corrected chi connectivity index (χ3v) is 4.95. The third kappa shape index (κ3) is 3.65. The average Bonchev–Trinajstić information content (AvgIpc) is 3.07. The van der Waals surface area contributed by atoms with E-state index in [0.29, 0.717) is 19.2 Å². The van der Waals surface area contributed by atoms with Crippen LogP contribution in [-0.2, 0) is 19.4 Å². The quantitative estimate of drug-likeness (QED) is 0.734. The van der Waals surface area contributed by atoms with Crippen LogP contribution in [0.3, 0.4) is 0 Å². The van der Waals surface area contributed by atoms with Gasteiger partial charge in [0.05, 0.1) is 17.8 Å². The van der Waals surface area contributed by atoms with Crippen LogP contribution in [0.4, 0.5) is 8.78 Å². The van der Waals surface area contributed by atoms with Gasteiger partial charge < -0.3 is 5.32 Å². The summed E-state index contributed by atoms with van der Waals surface area (Å²) in [6.45, 7) is 0.773. The van der Waals surface area contributed by atoms with Gasteiger partial charge in [-0.2, -0.15) is 5.10 Å². The summed E-state index contributed by atoms with van der Waals surface area (Å²) in [5, 5.41) is 7.43. The van der Waals surface area contributed by atoms with Gasteiger partial charge in [-0.3, -0.25) is 14.5 Å². The van der Waals surface area contributed by atoms with Gasteiger partial charge in [0.1, 0.15) is 17.3 Å². The van der Waals surface area contributed by atoms with Gasteiger partial charge in [-0.25, -0.2) is 8.78 Å². The van der Waals surface area contributed by atoms with Crippen molar-refractivity contribution in [2.75, 3.05) is 6.54 Å². The predicted molar refractivity (Wildman–Crippen MR) is 101 cm³/mol. The Morgan fingerprint density at radius 3 is 2.79 bits per heavy atom. The molecule has 3 aromatic rings. The topological polar surface area (TPSA) is 59.8 Å². The molecule has 0 aliphatic heterocycles. The number of hydrogen-bond donors (Lipinski definition) is 1. The van der Waals surface area contributed by atoms with E-state index in [1.165, 1.54) is 11.3 Å². The number of aromatic nitrogens is 3. The number of rotatable bonds is 5. The molecular formula is C21H20F2N4O. The van der Waals surface area contributed by atoms with Crippen molar-refractivity contribution in [2.45, 2.75) is 32.2 Å². The molecule has 2 aromatic heterocycles. The van der Waals surface area contributed by atoms with Crippen LogP contribution in [0.2, 0.25) is 0 Å². The van der Waals surface area contributed by atoms with Gasteiger partial charge in [0, 0.05) is 30.1 Å². The van der Waals surface area contributed by atoms with E-state index < -0.39 is 17.5 Å². The number of nitrogens with zero attached hydrogens (tertiary/aromatic N) is 3. The Morgan fingerprint density at radius 1 is 1.14 bits per heavy atom.